The van der Waals surface area contributed by atoms with Crippen LogP contribution in [0.2, 0.25) is 0 Å². The largest absolute Gasteiger partial charge is 0.384 e. The lowest BCUT2D eigenvalue weighted by Crippen LogP contribution is -2.44. The van der Waals surface area contributed by atoms with Crippen molar-refractivity contribution in [1.82, 2.24) is 10.2 Å². The highest BCUT2D eigenvalue weighted by Crippen LogP contribution is 2.22. The molecule has 1 N–H and O–H groups in total. The lowest BCUT2D eigenvalue weighted by Gasteiger charge is -2.23. The van der Waals surface area contributed by atoms with Gasteiger partial charge in [-0.3, -0.25) is 4.79 Å². The molecule has 3 unspecified atom stereocenters. The van der Waals surface area contributed by atoms with E-state index in [0.29, 0.717) is 19.1 Å². The predicted molar refractivity (Wildman–Crippen MR) is 63.7 cm³/mol. The Labute approximate surface area is 102 Å². The summed E-state index contributed by atoms with van der Waals surface area (Å²) in [5.41, 5.74) is 0. The van der Waals surface area contributed by atoms with E-state index in [1.165, 1.54) is 0 Å². The van der Waals surface area contributed by atoms with Crippen molar-refractivity contribution in [3.8, 4) is 0 Å². The fraction of sp³-hybridized carbons (Fsp3) is 0.917. The van der Waals surface area contributed by atoms with Gasteiger partial charge in [0.25, 0.3) is 0 Å². The molecular weight excluding hydrogens is 220 g/mol. The number of likely N-dealkylation sites (N-methyl/N-ethyl adjacent to an activating group) is 1. The molecule has 2 fully saturated rings. The van der Waals surface area contributed by atoms with Gasteiger partial charge in [-0.05, 0) is 13.5 Å². The summed E-state index contributed by atoms with van der Waals surface area (Å²) in [4.78, 5) is 14.3. The van der Waals surface area contributed by atoms with Gasteiger partial charge in [-0.2, -0.15) is 0 Å². The number of rotatable bonds is 4. The molecule has 5 nitrogen and oxygen atoms in total. The fourth-order valence-electron chi connectivity index (χ4n) is 2.72. The molecule has 2 aliphatic rings. The topological polar surface area (TPSA) is 50.8 Å². The van der Waals surface area contributed by atoms with E-state index in [9.17, 15) is 4.79 Å². The van der Waals surface area contributed by atoms with Gasteiger partial charge in [0, 0.05) is 32.2 Å². The summed E-state index contributed by atoms with van der Waals surface area (Å²) in [7, 11) is 3.60. The molecule has 5 heteroatoms. The molecule has 2 heterocycles. The third-order valence-corrected chi connectivity index (χ3v) is 3.77. The van der Waals surface area contributed by atoms with Gasteiger partial charge >= 0.3 is 0 Å². The van der Waals surface area contributed by atoms with E-state index in [-0.39, 0.29) is 17.9 Å². The number of amides is 1. The van der Waals surface area contributed by atoms with Gasteiger partial charge in [-0.15, -0.1) is 0 Å². The van der Waals surface area contributed by atoms with Gasteiger partial charge in [0.05, 0.1) is 25.7 Å². The number of ether oxygens (including phenoxy) is 2. The van der Waals surface area contributed by atoms with Crippen LogP contribution >= 0.6 is 0 Å². The van der Waals surface area contributed by atoms with E-state index >= 15 is 0 Å². The first kappa shape index (κ1) is 12.8. The van der Waals surface area contributed by atoms with Crippen LogP contribution in [0.15, 0.2) is 0 Å². The maximum absolute atomic E-state index is 12.3. The monoisotopic (exact) mass is 242 g/mol. The highest BCUT2D eigenvalue weighted by molar-refractivity contribution is 5.80. The third kappa shape index (κ3) is 2.78. The molecule has 2 rings (SSSR count). The first-order chi connectivity index (χ1) is 8.26. The van der Waals surface area contributed by atoms with Gasteiger partial charge in [0.1, 0.15) is 0 Å². The van der Waals surface area contributed by atoms with Crippen molar-refractivity contribution >= 4 is 5.91 Å². The average Bonchev–Trinajstić information content (AvgIpc) is 2.96. The van der Waals surface area contributed by atoms with Crippen LogP contribution in [0.25, 0.3) is 0 Å². The normalized spacial score (nSPS) is 33.3. The summed E-state index contributed by atoms with van der Waals surface area (Å²) < 4.78 is 10.5. The Kier molecular flexibility index (Phi) is 4.36. The van der Waals surface area contributed by atoms with Gasteiger partial charge < -0.3 is 19.7 Å². The number of carbonyl (C=O) groups is 1. The molecule has 0 saturated carbocycles. The molecule has 0 aromatic carbocycles. The molecule has 0 radical (unpaired) electrons. The Morgan fingerprint density at radius 2 is 2.35 bits per heavy atom. The zero-order valence-corrected chi connectivity index (χ0v) is 10.6. The van der Waals surface area contributed by atoms with Gasteiger partial charge in [0.15, 0.2) is 0 Å². The smallest absolute Gasteiger partial charge is 0.229 e. The van der Waals surface area contributed by atoms with Crippen molar-refractivity contribution < 1.29 is 14.3 Å². The maximum Gasteiger partial charge on any atom is 0.229 e. The number of likely N-dealkylation sites (tertiary alicyclic amines) is 1. The molecule has 3 atom stereocenters. The highest BCUT2D eigenvalue weighted by atomic mass is 16.5. The highest BCUT2D eigenvalue weighted by Gasteiger charge is 2.37. The lowest BCUT2D eigenvalue weighted by atomic mass is 10.0. The molecular formula is C12H22N2O3. The second kappa shape index (κ2) is 5.80. The van der Waals surface area contributed by atoms with E-state index in [4.69, 9.17) is 9.47 Å². The molecule has 0 bridgehead atoms. The fourth-order valence-corrected chi connectivity index (χ4v) is 2.72. The minimum absolute atomic E-state index is 0.0127. The summed E-state index contributed by atoms with van der Waals surface area (Å²) in [6.45, 7) is 3.64. The van der Waals surface area contributed by atoms with Crippen molar-refractivity contribution in [2.24, 2.45) is 11.8 Å². The second-order valence-corrected chi connectivity index (χ2v) is 4.93. The van der Waals surface area contributed by atoms with Crippen molar-refractivity contribution in [3.05, 3.63) is 0 Å². The van der Waals surface area contributed by atoms with Crippen molar-refractivity contribution in [1.29, 1.82) is 0 Å². The molecule has 98 valence electrons. The molecule has 0 aliphatic carbocycles. The summed E-state index contributed by atoms with van der Waals surface area (Å²) in [6.07, 6.45) is 1.05. The van der Waals surface area contributed by atoms with Crippen LogP contribution in [0.3, 0.4) is 0 Å². The van der Waals surface area contributed by atoms with Crippen LogP contribution in [0, 0.1) is 11.8 Å². The van der Waals surface area contributed by atoms with Crippen LogP contribution in [0.4, 0.5) is 0 Å². The summed E-state index contributed by atoms with van der Waals surface area (Å²) in [5.74, 6) is 0.723. The number of hydrogen-bond donors (Lipinski definition) is 1. The summed E-state index contributed by atoms with van der Waals surface area (Å²) >= 11 is 0. The average molecular weight is 242 g/mol. The van der Waals surface area contributed by atoms with E-state index in [0.717, 1.165) is 26.1 Å². The Balaban J connectivity index is 1.88. The molecule has 0 spiro atoms. The van der Waals surface area contributed by atoms with Crippen molar-refractivity contribution in [2.75, 3.05) is 47.1 Å². The number of carbonyl (C=O) groups excluding carboxylic acids is 1. The Hall–Kier alpha value is -0.650. The van der Waals surface area contributed by atoms with Crippen LogP contribution in [-0.4, -0.2) is 63.9 Å². The van der Waals surface area contributed by atoms with Crippen LogP contribution in [0.1, 0.15) is 6.42 Å². The van der Waals surface area contributed by atoms with E-state index in [1.807, 2.05) is 11.9 Å². The number of methoxy groups -OCH3 is 1. The molecule has 2 saturated heterocycles. The molecule has 17 heavy (non-hydrogen) atoms. The zero-order valence-electron chi connectivity index (χ0n) is 10.6. The first-order valence-corrected chi connectivity index (χ1v) is 6.29. The molecule has 0 aromatic heterocycles. The van der Waals surface area contributed by atoms with E-state index in [1.54, 1.807) is 7.11 Å². The minimum atomic E-state index is -0.0127. The molecule has 1 amide bonds. The van der Waals surface area contributed by atoms with Crippen LogP contribution < -0.4 is 5.32 Å². The maximum atomic E-state index is 12.3. The molecule has 2 aliphatic heterocycles. The standard InChI is InChI=1S/C12H22N2O3/c1-13-11-8-17-7-10(11)12(15)14-4-3-9(5-14)6-16-2/h9-11,13H,3-8H2,1-2H3. The van der Waals surface area contributed by atoms with Crippen molar-refractivity contribution in [2.45, 2.75) is 12.5 Å². The predicted octanol–water partition coefficient (Wildman–Crippen LogP) is -0.284. The lowest BCUT2D eigenvalue weighted by molar-refractivity contribution is -0.135. The first-order valence-electron chi connectivity index (χ1n) is 6.29. The summed E-state index contributed by atoms with van der Waals surface area (Å²) in [6, 6.07) is 0.170. The summed E-state index contributed by atoms with van der Waals surface area (Å²) in [5, 5.41) is 3.16. The third-order valence-electron chi connectivity index (χ3n) is 3.77. The van der Waals surface area contributed by atoms with E-state index < -0.39 is 0 Å². The molecule has 0 aromatic rings. The zero-order chi connectivity index (χ0) is 12.3. The second-order valence-electron chi connectivity index (χ2n) is 4.93. The van der Waals surface area contributed by atoms with Gasteiger partial charge in [-0.25, -0.2) is 0 Å². The van der Waals surface area contributed by atoms with Gasteiger partial charge in [0.2, 0.25) is 5.91 Å². The SMILES string of the molecule is CNC1COCC1C(=O)N1CCC(COC)C1. The number of nitrogens with one attached hydrogen (secondary N) is 1. The Morgan fingerprint density at radius 1 is 1.53 bits per heavy atom. The number of hydrogen-bond acceptors (Lipinski definition) is 4. The number of nitrogens with zero attached hydrogens (tertiary/aromatic N) is 1. The van der Waals surface area contributed by atoms with Crippen molar-refractivity contribution in [3.63, 3.8) is 0 Å². The van der Waals surface area contributed by atoms with Crippen LogP contribution in [0.5, 0.6) is 0 Å². The van der Waals surface area contributed by atoms with Crippen LogP contribution in [-0.2, 0) is 14.3 Å². The minimum Gasteiger partial charge on any atom is -0.384 e. The quantitative estimate of drug-likeness (QED) is 0.736. The van der Waals surface area contributed by atoms with Gasteiger partial charge in [-0.1, -0.05) is 0 Å². The Morgan fingerprint density at radius 3 is 3.06 bits per heavy atom. The Bertz CT molecular complexity index is 272. The van der Waals surface area contributed by atoms with E-state index in [2.05, 4.69) is 5.32 Å².